The standard InChI is InChI=1S/C27H31F2N7O/c1-16-32-22-9-6-18(12-23(22)36(16)15-24(28)29)20-13-30-25-21(20)14-31-27(34-25)33-19-7-4-17(5-8-19)26(37)35-10-2-3-11-35/h6,9,12-14,17,19,24H,2-5,7-8,10-11,15H2,1H3,(H2,30,31,33,34). The fourth-order valence-electron chi connectivity index (χ4n) is 5.86. The number of anilines is 1. The number of rotatable bonds is 6. The van der Waals surface area contributed by atoms with Crippen LogP contribution in [0.25, 0.3) is 33.2 Å². The van der Waals surface area contributed by atoms with Crippen molar-refractivity contribution in [1.29, 1.82) is 0 Å². The first-order valence-electron chi connectivity index (χ1n) is 13.1. The number of benzene rings is 1. The maximum atomic E-state index is 13.1. The van der Waals surface area contributed by atoms with Crippen LogP contribution >= 0.6 is 0 Å². The van der Waals surface area contributed by atoms with Gasteiger partial charge in [0.05, 0.1) is 17.6 Å². The second kappa shape index (κ2) is 9.72. The van der Waals surface area contributed by atoms with Crippen molar-refractivity contribution in [2.45, 2.75) is 64.5 Å². The van der Waals surface area contributed by atoms with Gasteiger partial charge in [-0.25, -0.2) is 18.7 Å². The highest BCUT2D eigenvalue weighted by Crippen LogP contribution is 2.32. The number of carbonyl (C=O) groups is 1. The summed E-state index contributed by atoms with van der Waals surface area (Å²) < 4.78 is 27.8. The molecule has 0 radical (unpaired) electrons. The average Bonchev–Trinajstić information content (AvgIpc) is 3.63. The monoisotopic (exact) mass is 507 g/mol. The van der Waals surface area contributed by atoms with E-state index in [1.165, 1.54) is 0 Å². The maximum absolute atomic E-state index is 13.1. The molecule has 1 aromatic carbocycles. The van der Waals surface area contributed by atoms with Gasteiger partial charge in [-0.15, -0.1) is 0 Å². The zero-order valence-electron chi connectivity index (χ0n) is 20.9. The van der Waals surface area contributed by atoms with Crippen molar-refractivity contribution in [2.24, 2.45) is 5.92 Å². The Morgan fingerprint density at radius 3 is 2.70 bits per heavy atom. The maximum Gasteiger partial charge on any atom is 0.256 e. The number of amides is 1. The molecule has 0 unspecified atom stereocenters. The van der Waals surface area contributed by atoms with Gasteiger partial charge in [0.2, 0.25) is 11.9 Å². The first-order chi connectivity index (χ1) is 18.0. The number of hydrogen-bond donors (Lipinski definition) is 2. The summed E-state index contributed by atoms with van der Waals surface area (Å²) in [4.78, 5) is 31.6. The molecule has 4 heterocycles. The minimum Gasteiger partial charge on any atom is -0.351 e. The lowest BCUT2D eigenvalue weighted by atomic mass is 9.85. The summed E-state index contributed by atoms with van der Waals surface area (Å²) in [6.07, 6.45) is 7.11. The molecule has 1 aliphatic carbocycles. The molecule has 37 heavy (non-hydrogen) atoms. The summed E-state index contributed by atoms with van der Waals surface area (Å²) in [6, 6.07) is 5.95. The molecule has 0 bridgehead atoms. The highest BCUT2D eigenvalue weighted by Gasteiger charge is 2.30. The van der Waals surface area contributed by atoms with Crippen molar-refractivity contribution in [2.75, 3.05) is 18.4 Å². The summed E-state index contributed by atoms with van der Waals surface area (Å²) in [5, 5.41) is 4.32. The van der Waals surface area contributed by atoms with E-state index in [9.17, 15) is 13.6 Å². The van der Waals surface area contributed by atoms with Gasteiger partial charge in [0.1, 0.15) is 11.5 Å². The van der Waals surface area contributed by atoms with Gasteiger partial charge in [0, 0.05) is 48.4 Å². The number of imidazole rings is 1. The predicted octanol–water partition coefficient (Wildman–Crippen LogP) is 5.14. The van der Waals surface area contributed by atoms with Gasteiger partial charge < -0.3 is 19.8 Å². The number of fused-ring (bicyclic) bond motifs is 2. The predicted molar refractivity (Wildman–Crippen MR) is 139 cm³/mol. The zero-order chi connectivity index (χ0) is 25.5. The Bertz CT molecular complexity index is 1430. The van der Waals surface area contributed by atoms with Crippen LogP contribution in [-0.2, 0) is 11.3 Å². The van der Waals surface area contributed by atoms with E-state index < -0.39 is 6.43 Å². The molecule has 1 aliphatic heterocycles. The number of aromatic nitrogens is 5. The van der Waals surface area contributed by atoms with Crippen LogP contribution in [0.4, 0.5) is 14.7 Å². The molecular weight excluding hydrogens is 476 g/mol. The topological polar surface area (TPSA) is 91.7 Å². The van der Waals surface area contributed by atoms with Crippen LogP contribution in [-0.4, -0.2) is 60.9 Å². The van der Waals surface area contributed by atoms with Crippen LogP contribution < -0.4 is 5.32 Å². The number of aryl methyl sites for hydroxylation is 1. The molecule has 0 atom stereocenters. The number of likely N-dealkylation sites (tertiary alicyclic amines) is 1. The summed E-state index contributed by atoms with van der Waals surface area (Å²) in [7, 11) is 0. The highest BCUT2D eigenvalue weighted by molar-refractivity contribution is 5.95. The van der Waals surface area contributed by atoms with Gasteiger partial charge >= 0.3 is 0 Å². The van der Waals surface area contributed by atoms with E-state index in [0.29, 0.717) is 34.4 Å². The number of halogens is 2. The number of alkyl halides is 2. The lowest BCUT2D eigenvalue weighted by Gasteiger charge is -2.30. The molecule has 6 rings (SSSR count). The van der Waals surface area contributed by atoms with Crippen molar-refractivity contribution >= 4 is 33.9 Å². The fourth-order valence-corrected chi connectivity index (χ4v) is 5.86. The third-order valence-corrected chi connectivity index (χ3v) is 7.83. The number of nitrogens with one attached hydrogen (secondary N) is 2. The summed E-state index contributed by atoms with van der Waals surface area (Å²) in [6.45, 7) is 3.19. The Kier molecular flexibility index (Phi) is 6.26. The van der Waals surface area contributed by atoms with Gasteiger partial charge in [-0.05, 0) is 63.1 Å². The van der Waals surface area contributed by atoms with E-state index in [-0.39, 0.29) is 18.5 Å². The Morgan fingerprint density at radius 2 is 1.95 bits per heavy atom. The Hall–Kier alpha value is -3.56. The molecular formula is C27H31F2N7O. The molecule has 2 N–H and O–H groups in total. The summed E-state index contributed by atoms with van der Waals surface area (Å²) in [5.74, 6) is 1.61. The first-order valence-corrected chi connectivity index (χ1v) is 13.1. The minimum absolute atomic E-state index is 0.142. The number of carbonyl (C=O) groups excluding carboxylic acids is 1. The number of H-pyrrole nitrogens is 1. The van der Waals surface area contributed by atoms with Gasteiger partial charge in [0.15, 0.2) is 0 Å². The van der Waals surface area contributed by atoms with Gasteiger partial charge in [-0.2, -0.15) is 4.98 Å². The average molecular weight is 508 g/mol. The Balaban J connectivity index is 1.17. The smallest absolute Gasteiger partial charge is 0.256 e. The molecule has 1 saturated heterocycles. The Morgan fingerprint density at radius 1 is 1.16 bits per heavy atom. The summed E-state index contributed by atoms with van der Waals surface area (Å²) in [5.41, 5.74) is 3.89. The van der Waals surface area contributed by atoms with Crippen molar-refractivity contribution in [3.8, 4) is 11.1 Å². The number of aromatic amines is 1. The Labute approximate surface area is 213 Å². The minimum atomic E-state index is -2.45. The second-order valence-corrected chi connectivity index (χ2v) is 10.2. The van der Waals surface area contributed by atoms with Gasteiger partial charge in [0.25, 0.3) is 6.43 Å². The molecule has 2 fully saturated rings. The second-order valence-electron chi connectivity index (χ2n) is 10.2. The van der Waals surface area contributed by atoms with E-state index in [1.807, 2.05) is 29.3 Å². The van der Waals surface area contributed by atoms with E-state index in [4.69, 9.17) is 0 Å². The third-order valence-electron chi connectivity index (χ3n) is 7.83. The van der Waals surface area contributed by atoms with E-state index >= 15 is 0 Å². The zero-order valence-corrected chi connectivity index (χ0v) is 20.9. The van der Waals surface area contributed by atoms with Crippen molar-refractivity contribution in [1.82, 2.24) is 29.4 Å². The molecule has 0 spiro atoms. The van der Waals surface area contributed by atoms with Crippen LogP contribution in [0.2, 0.25) is 0 Å². The lowest BCUT2D eigenvalue weighted by Crippen LogP contribution is -2.37. The van der Waals surface area contributed by atoms with E-state index in [2.05, 4.69) is 25.3 Å². The van der Waals surface area contributed by atoms with Crippen molar-refractivity contribution < 1.29 is 13.6 Å². The summed E-state index contributed by atoms with van der Waals surface area (Å²) >= 11 is 0. The van der Waals surface area contributed by atoms with Crippen LogP contribution in [0.15, 0.2) is 30.6 Å². The highest BCUT2D eigenvalue weighted by atomic mass is 19.3. The van der Waals surface area contributed by atoms with Crippen LogP contribution in [0, 0.1) is 12.8 Å². The normalized spacial score (nSPS) is 20.4. The molecule has 8 nitrogen and oxygen atoms in total. The molecule has 194 valence electrons. The lowest BCUT2D eigenvalue weighted by molar-refractivity contribution is -0.135. The molecule has 3 aromatic heterocycles. The SMILES string of the molecule is Cc1nc2ccc(-c3c[nH]c4nc(NC5CCC(C(=O)N6CCCC6)CC5)ncc34)cc2n1CC(F)F. The van der Waals surface area contributed by atoms with Crippen LogP contribution in [0.1, 0.15) is 44.3 Å². The van der Waals surface area contributed by atoms with E-state index in [0.717, 1.165) is 68.1 Å². The molecule has 4 aromatic rings. The fraction of sp³-hybridized carbons (Fsp3) is 0.481. The number of nitrogens with zero attached hydrogens (tertiary/aromatic N) is 5. The first kappa shape index (κ1) is 23.8. The van der Waals surface area contributed by atoms with Crippen molar-refractivity contribution in [3.63, 3.8) is 0 Å². The molecule has 1 saturated carbocycles. The third kappa shape index (κ3) is 4.65. The largest absolute Gasteiger partial charge is 0.351 e. The van der Waals surface area contributed by atoms with E-state index in [1.54, 1.807) is 17.7 Å². The van der Waals surface area contributed by atoms with Gasteiger partial charge in [-0.1, -0.05) is 6.07 Å². The van der Waals surface area contributed by atoms with Gasteiger partial charge in [-0.3, -0.25) is 4.79 Å². The van der Waals surface area contributed by atoms with Crippen LogP contribution in [0.5, 0.6) is 0 Å². The molecule has 2 aliphatic rings. The molecule has 1 amide bonds. The quantitative estimate of drug-likeness (QED) is 0.377. The number of hydrogen-bond acceptors (Lipinski definition) is 5. The molecule has 10 heteroatoms. The van der Waals surface area contributed by atoms with Crippen molar-refractivity contribution in [3.05, 3.63) is 36.4 Å². The van der Waals surface area contributed by atoms with Crippen LogP contribution in [0.3, 0.4) is 0 Å².